The summed E-state index contributed by atoms with van der Waals surface area (Å²) in [5.41, 5.74) is 0.868. The Morgan fingerprint density at radius 3 is 2.54 bits per heavy atom. The van der Waals surface area contributed by atoms with Crippen LogP contribution in [0.25, 0.3) is 0 Å². The van der Waals surface area contributed by atoms with Gasteiger partial charge >= 0.3 is 5.97 Å². The molecule has 2 heterocycles. The number of fused-ring (bicyclic) bond motifs is 7. The van der Waals surface area contributed by atoms with Crippen LogP contribution >= 0.6 is 21.6 Å². The molecule has 3 amide bonds. The molecule has 2 aliphatic heterocycles. The van der Waals surface area contributed by atoms with Gasteiger partial charge in [-0.2, -0.15) is 0 Å². The van der Waals surface area contributed by atoms with Crippen LogP contribution in [0.3, 0.4) is 0 Å². The fraction of sp³-hybridized carbons (Fsp3) is 0.500. The Labute approximate surface area is 212 Å². The number of aliphatic hydroxyl groups is 1. The molecule has 3 rings (SSSR count). The molecule has 5 atom stereocenters. The van der Waals surface area contributed by atoms with Crippen molar-refractivity contribution in [2.24, 2.45) is 0 Å². The van der Waals surface area contributed by atoms with E-state index in [1.165, 1.54) is 17.7 Å². The summed E-state index contributed by atoms with van der Waals surface area (Å²) in [6, 6.07) is 6.71. The lowest BCUT2D eigenvalue weighted by Gasteiger charge is -2.27. The summed E-state index contributed by atoms with van der Waals surface area (Å²) < 4.78 is 5.50. The molecule has 0 saturated carbocycles. The molecule has 1 saturated heterocycles. The highest BCUT2D eigenvalue weighted by Crippen LogP contribution is 2.24. The van der Waals surface area contributed by atoms with Gasteiger partial charge in [0.25, 0.3) is 0 Å². The van der Waals surface area contributed by atoms with Crippen molar-refractivity contribution >= 4 is 45.3 Å². The Hall–Kier alpha value is -2.50. The number of carbonyl (C=O) groups is 4. The third-order valence-electron chi connectivity index (χ3n) is 5.58. The predicted octanol–water partition coefficient (Wildman–Crippen LogP) is 1.11. The minimum Gasteiger partial charge on any atom is -0.457 e. The molecule has 1 aromatic carbocycles. The van der Waals surface area contributed by atoms with Crippen molar-refractivity contribution < 1.29 is 29.0 Å². The lowest BCUT2D eigenvalue weighted by atomic mass is 9.98. The van der Waals surface area contributed by atoms with Gasteiger partial charge in [-0.25, -0.2) is 0 Å². The smallest absolute Gasteiger partial charge is 0.309 e. The van der Waals surface area contributed by atoms with Gasteiger partial charge in [-0.3, -0.25) is 19.2 Å². The Morgan fingerprint density at radius 2 is 1.77 bits per heavy atom. The molecule has 1 aromatic rings. The summed E-state index contributed by atoms with van der Waals surface area (Å²) in [6.07, 6.45) is 1.87. The SMILES string of the molecule is C[C@H]1NC(=O)C[C@H]2/C=C\CCSSC[C@@H](NC1=O)C(=O)N[C@H](Cc1ccccc1)[C@@H](O)CC(=O)O2. The number of amides is 3. The molecule has 11 heteroatoms. The predicted molar refractivity (Wildman–Crippen MR) is 135 cm³/mol. The van der Waals surface area contributed by atoms with Crippen molar-refractivity contribution in [1.82, 2.24) is 16.0 Å². The fourth-order valence-electron chi connectivity index (χ4n) is 3.68. The van der Waals surface area contributed by atoms with E-state index in [4.69, 9.17) is 4.74 Å². The second kappa shape index (κ2) is 13.6. The van der Waals surface area contributed by atoms with Crippen molar-refractivity contribution in [3.8, 4) is 0 Å². The van der Waals surface area contributed by atoms with Crippen LogP contribution in [-0.4, -0.2) is 70.6 Å². The van der Waals surface area contributed by atoms with E-state index in [-0.39, 0.29) is 19.3 Å². The number of benzene rings is 1. The average molecular weight is 522 g/mol. The Bertz CT molecular complexity index is 929. The van der Waals surface area contributed by atoms with E-state index in [9.17, 15) is 24.3 Å². The topological polar surface area (TPSA) is 134 Å². The number of aliphatic hydroxyl groups excluding tert-OH is 1. The molecule has 35 heavy (non-hydrogen) atoms. The Balaban J connectivity index is 1.94. The van der Waals surface area contributed by atoms with Gasteiger partial charge < -0.3 is 25.8 Å². The van der Waals surface area contributed by atoms with Crippen LogP contribution in [0.1, 0.15) is 31.7 Å². The summed E-state index contributed by atoms with van der Waals surface area (Å²) in [5.74, 6) is -1.09. The van der Waals surface area contributed by atoms with Crippen molar-refractivity contribution in [3.05, 3.63) is 48.0 Å². The molecule has 1 fully saturated rings. The van der Waals surface area contributed by atoms with Gasteiger partial charge in [0.2, 0.25) is 17.7 Å². The molecule has 0 unspecified atom stereocenters. The van der Waals surface area contributed by atoms with Crippen LogP contribution in [0.5, 0.6) is 0 Å². The quantitative estimate of drug-likeness (QED) is 0.258. The number of ether oxygens (including phenoxy) is 1. The third-order valence-corrected chi connectivity index (χ3v) is 8.02. The first-order chi connectivity index (χ1) is 16.8. The second-order valence-electron chi connectivity index (χ2n) is 8.48. The van der Waals surface area contributed by atoms with E-state index in [0.717, 1.165) is 11.3 Å². The molecule has 0 radical (unpaired) electrons. The minimum atomic E-state index is -1.24. The molecule has 9 nitrogen and oxygen atoms in total. The van der Waals surface area contributed by atoms with Gasteiger partial charge in [-0.05, 0) is 31.4 Å². The minimum absolute atomic E-state index is 0.161. The molecule has 4 N–H and O–H groups in total. The zero-order chi connectivity index (χ0) is 25.2. The largest absolute Gasteiger partial charge is 0.457 e. The number of allylic oxidation sites excluding steroid dienone is 1. The van der Waals surface area contributed by atoms with Crippen LogP contribution in [0, 0.1) is 0 Å². The molecule has 0 aliphatic carbocycles. The van der Waals surface area contributed by atoms with Crippen LogP contribution < -0.4 is 16.0 Å². The maximum atomic E-state index is 13.2. The average Bonchev–Trinajstić information content (AvgIpc) is 2.81. The van der Waals surface area contributed by atoms with Crippen LogP contribution in [0.4, 0.5) is 0 Å². The van der Waals surface area contributed by atoms with E-state index in [1.54, 1.807) is 16.9 Å². The van der Waals surface area contributed by atoms with Crippen molar-refractivity contribution in [2.75, 3.05) is 11.5 Å². The maximum Gasteiger partial charge on any atom is 0.309 e. The molecule has 0 aromatic heterocycles. The van der Waals surface area contributed by atoms with E-state index in [0.29, 0.717) is 12.2 Å². The second-order valence-corrected chi connectivity index (χ2v) is 11.1. The summed E-state index contributed by atoms with van der Waals surface area (Å²) in [6.45, 7) is 1.53. The first-order valence-electron chi connectivity index (χ1n) is 11.5. The van der Waals surface area contributed by atoms with Gasteiger partial charge in [0, 0.05) is 11.5 Å². The monoisotopic (exact) mass is 521 g/mol. The Morgan fingerprint density at radius 1 is 1.00 bits per heavy atom. The highest BCUT2D eigenvalue weighted by molar-refractivity contribution is 8.76. The number of carbonyl (C=O) groups excluding carboxylic acids is 4. The van der Waals surface area contributed by atoms with Gasteiger partial charge in [-0.15, -0.1) is 0 Å². The summed E-state index contributed by atoms with van der Waals surface area (Å²) >= 11 is 0. The third kappa shape index (κ3) is 8.90. The molecule has 190 valence electrons. The molecular formula is C24H31N3O6S2. The number of hydrogen-bond donors (Lipinski definition) is 4. The van der Waals surface area contributed by atoms with Crippen molar-refractivity contribution in [1.29, 1.82) is 0 Å². The van der Waals surface area contributed by atoms with Crippen LogP contribution in [0.2, 0.25) is 0 Å². The van der Waals surface area contributed by atoms with Crippen molar-refractivity contribution in [2.45, 2.75) is 62.9 Å². The number of hydrogen-bond acceptors (Lipinski definition) is 8. The van der Waals surface area contributed by atoms with Gasteiger partial charge in [0.15, 0.2) is 0 Å². The van der Waals surface area contributed by atoms with Crippen LogP contribution in [0.15, 0.2) is 42.5 Å². The summed E-state index contributed by atoms with van der Waals surface area (Å²) in [5, 5.41) is 19.1. The highest BCUT2D eigenvalue weighted by atomic mass is 33.1. The fourth-order valence-corrected chi connectivity index (χ4v) is 5.84. The van der Waals surface area contributed by atoms with Gasteiger partial charge in [0.05, 0.1) is 25.0 Å². The summed E-state index contributed by atoms with van der Waals surface area (Å²) in [7, 11) is 3.01. The molecule has 2 bridgehead atoms. The molecular weight excluding hydrogens is 490 g/mol. The maximum absolute atomic E-state index is 13.2. The van der Waals surface area contributed by atoms with Gasteiger partial charge in [-0.1, -0.05) is 58.0 Å². The first-order valence-corrected chi connectivity index (χ1v) is 14.0. The number of esters is 1. The first kappa shape index (κ1) is 27.1. The van der Waals surface area contributed by atoms with E-state index >= 15 is 0 Å². The van der Waals surface area contributed by atoms with Gasteiger partial charge in [0.1, 0.15) is 18.2 Å². The zero-order valence-electron chi connectivity index (χ0n) is 19.5. The highest BCUT2D eigenvalue weighted by Gasteiger charge is 2.31. The van der Waals surface area contributed by atoms with E-state index in [2.05, 4.69) is 16.0 Å². The lowest BCUT2D eigenvalue weighted by molar-refractivity contribution is -0.151. The number of nitrogens with one attached hydrogen (secondary N) is 3. The van der Waals surface area contributed by atoms with E-state index in [1.807, 2.05) is 36.4 Å². The molecule has 0 spiro atoms. The molecule has 2 aliphatic rings. The summed E-state index contributed by atoms with van der Waals surface area (Å²) in [4.78, 5) is 51.2. The van der Waals surface area contributed by atoms with Crippen molar-refractivity contribution in [3.63, 3.8) is 0 Å². The Kier molecular flexibility index (Phi) is 10.5. The van der Waals surface area contributed by atoms with E-state index < -0.39 is 54.0 Å². The number of rotatable bonds is 2. The lowest BCUT2D eigenvalue weighted by Crippen LogP contribution is -2.56. The van der Waals surface area contributed by atoms with Crippen LogP contribution in [-0.2, 0) is 30.3 Å². The standard InChI is InChI=1S/C24H31N3O6S2/c1-15-23(31)27-19-14-35-34-10-6-5-9-17(12-21(29)25-15)33-22(30)13-20(28)18(26-24(19)32)11-16-7-3-2-4-8-16/h2-5,7-9,15,17-20,28H,6,10-14H2,1H3,(H,25,29)(H,26,32)(H,27,31)/b9-5-/t15-,17-,18-,19-,20+/m1/s1. The normalized spacial score (nSPS) is 30.4. The zero-order valence-corrected chi connectivity index (χ0v) is 21.1.